The Kier molecular flexibility index (Phi) is 6.01. The standard InChI is InChI=1S/C14H23NO2/c1-11-6-7-14(13(10-11)12(2)15)17-9-5-4-8-16-3/h6-7,10,12H,4-5,8-9,15H2,1-3H3/t12-/m1/s1. The molecule has 0 spiro atoms. The van der Waals surface area contributed by atoms with Gasteiger partial charge >= 0.3 is 0 Å². The van der Waals surface area contributed by atoms with E-state index >= 15 is 0 Å². The molecule has 1 aromatic carbocycles. The maximum Gasteiger partial charge on any atom is 0.124 e. The first kappa shape index (κ1) is 14.0. The lowest BCUT2D eigenvalue weighted by atomic mass is 10.1. The predicted molar refractivity (Wildman–Crippen MR) is 70.4 cm³/mol. The van der Waals surface area contributed by atoms with Crippen molar-refractivity contribution in [1.82, 2.24) is 0 Å². The highest BCUT2D eigenvalue weighted by Crippen LogP contribution is 2.25. The fraction of sp³-hybridized carbons (Fsp3) is 0.571. The van der Waals surface area contributed by atoms with Crippen molar-refractivity contribution in [1.29, 1.82) is 0 Å². The summed E-state index contributed by atoms with van der Waals surface area (Å²) in [6, 6.07) is 6.15. The molecule has 0 fully saturated rings. The van der Waals surface area contributed by atoms with Gasteiger partial charge in [-0.1, -0.05) is 17.7 Å². The Bertz CT molecular complexity index is 337. The van der Waals surface area contributed by atoms with Crippen molar-refractivity contribution in [2.45, 2.75) is 32.7 Å². The Labute approximate surface area is 104 Å². The van der Waals surface area contributed by atoms with Gasteiger partial charge in [-0.25, -0.2) is 0 Å². The number of rotatable bonds is 7. The third-order valence-corrected chi connectivity index (χ3v) is 2.66. The second-order valence-corrected chi connectivity index (χ2v) is 4.38. The smallest absolute Gasteiger partial charge is 0.124 e. The molecule has 0 aliphatic carbocycles. The summed E-state index contributed by atoms with van der Waals surface area (Å²) in [6.07, 6.45) is 2.02. The van der Waals surface area contributed by atoms with E-state index in [1.165, 1.54) is 5.56 Å². The Hall–Kier alpha value is -1.06. The number of hydrogen-bond donors (Lipinski definition) is 1. The first-order valence-corrected chi connectivity index (χ1v) is 6.13. The van der Waals surface area contributed by atoms with Crippen LogP contribution >= 0.6 is 0 Å². The molecule has 0 amide bonds. The molecule has 96 valence electrons. The molecule has 1 rings (SSSR count). The molecule has 0 aliphatic heterocycles. The fourth-order valence-corrected chi connectivity index (χ4v) is 1.69. The van der Waals surface area contributed by atoms with Gasteiger partial charge in [-0.3, -0.25) is 0 Å². The number of aryl methyl sites for hydroxylation is 1. The molecule has 3 heteroatoms. The molecule has 0 aliphatic rings. The van der Waals surface area contributed by atoms with E-state index in [2.05, 4.69) is 19.1 Å². The third-order valence-electron chi connectivity index (χ3n) is 2.66. The largest absolute Gasteiger partial charge is 0.493 e. The van der Waals surface area contributed by atoms with Crippen molar-refractivity contribution in [2.24, 2.45) is 5.73 Å². The van der Waals surface area contributed by atoms with Gasteiger partial charge in [0.2, 0.25) is 0 Å². The van der Waals surface area contributed by atoms with Gasteiger partial charge in [-0.05, 0) is 32.8 Å². The molecule has 0 aromatic heterocycles. The highest BCUT2D eigenvalue weighted by molar-refractivity contribution is 5.38. The SMILES string of the molecule is COCCCCOc1ccc(C)cc1[C@@H](C)N. The van der Waals surface area contributed by atoms with Gasteiger partial charge < -0.3 is 15.2 Å². The maximum absolute atomic E-state index is 5.94. The molecule has 3 nitrogen and oxygen atoms in total. The minimum absolute atomic E-state index is 0.00359. The van der Waals surface area contributed by atoms with Crippen LogP contribution in [0.4, 0.5) is 0 Å². The first-order valence-electron chi connectivity index (χ1n) is 6.13. The minimum atomic E-state index is 0.00359. The highest BCUT2D eigenvalue weighted by Gasteiger charge is 2.08. The molecule has 0 radical (unpaired) electrons. The van der Waals surface area contributed by atoms with E-state index in [-0.39, 0.29) is 6.04 Å². The van der Waals surface area contributed by atoms with Crippen molar-refractivity contribution in [2.75, 3.05) is 20.3 Å². The zero-order chi connectivity index (χ0) is 12.7. The molecule has 0 heterocycles. The van der Waals surface area contributed by atoms with Crippen molar-refractivity contribution in [3.8, 4) is 5.75 Å². The van der Waals surface area contributed by atoms with Crippen molar-refractivity contribution in [3.05, 3.63) is 29.3 Å². The Morgan fingerprint density at radius 2 is 1.94 bits per heavy atom. The summed E-state index contributed by atoms with van der Waals surface area (Å²) < 4.78 is 10.8. The number of nitrogens with two attached hydrogens (primary N) is 1. The summed E-state index contributed by atoms with van der Waals surface area (Å²) in [7, 11) is 1.72. The number of benzene rings is 1. The number of methoxy groups -OCH3 is 1. The van der Waals surface area contributed by atoms with Crippen LogP contribution in [-0.2, 0) is 4.74 Å². The van der Waals surface area contributed by atoms with Crippen molar-refractivity contribution in [3.63, 3.8) is 0 Å². The number of unbranched alkanes of at least 4 members (excludes halogenated alkanes) is 1. The Morgan fingerprint density at radius 1 is 1.24 bits per heavy atom. The summed E-state index contributed by atoms with van der Waals surface area (Å²) >= 11 is 0. The summed E-state index contributed by atoms with van der Waals surface area (Å²) in [5.41, 5.74) is 8.23. The summed E-state index contributed by atoms with van der Waals surface area (Å²) in [6.45, 7) is 5.55. The van der Waals surface area contributed by atoms with Crippen LogP contribution in [0.3, 0.4) is 0 Å². The van der Waals surface area contributed by atoms with Gasteiger partial charge in [-0.15, -0.1) is 0 Å². The Balaban J connectivity index is 2.52. The zero-order valence-corrected chi connectivity index (χ0v) is 11.0. The molecule has 0 bridgehead atoms. The number of ether oxygens (including phenoxy) is 2. The van der Waals surface area contributed by atoms with Crippen LogP contribution < -0.4 is 10.5 Å². The average Bonchev–Trinajstić information content (AvgIpc) is 2.30. The maximum atomic E-state index is 5.94. The second kappa shape index (κ2) is 7.30. The normalized spacial score (nSPS) is 12.5. The lowest BCUT2D eigenvalue weighted by Crippen LogP contribution is -2.09. The van der Waals surface area contributed by atoms with Gasteiger partial charge in [0.05, 0.1) is 6.61 Å². The molecule has 0 unspecified atom stereocenters. The molecule has 0 saturated heterocycles. The average molecular weight is 237 g/mol. The molecule has 0 saturated carbocycles. The quantitative estimate of drug-likeness (QED) is 0.742. The highest BCUT2D eigenvalue weighted by atomic mass is 16.5. The second-order valence-electron chi connectivity index (χ2n) is 4.38. The van der Waals surface area contributed by atoms with Crippen LogP contribution in [0, 0.1) is 6.92 Å². The monoisotopic (exact) mass is 237 g/mol. The van der Waals surface area contributed by atoms with Crippen LogP contribution in [0.25, 0.3) is 0 Å². The van der Waals surface area contributed by atoms with Crippen LogP contribution in [0.2, 0.25) is 0 Å². The molecule has 1 aromatic rings. The Morgan fingerprint density at radius 3 is 2.59 bits per heavy atom. The van der Waals surface area contributed by atoms with Gasteiger partial charge in [-0.2, -0.15) is 0 Å². The lowest BCUT2D eigenvalue weighted by Gasteiger charge is -2.14. The molecule has 17 heavy (non-hydrogen) atoms. The van der Waals surface area contributed by atoms with E-state index in [0.29, 0.717) is 6.61 Å². The summed E-state index contributed by atoms with van der Waals surface area (Å²) in [5.74, 6) is 0.906. The molecule has 1 atom stereocenters. The van der Waals surface area contributed by atoms with Gasteiger partial charge in [0.25, 0.3) is 0 Å². The van der Waals surface area contributed by atoms with E-state index in [4.69, 9.17) is 15.2 Å². The zero-order valence-electron chi connectivity index (χ0n) is 11.0. The van der Waals surface area contributed by atoms with Crippen molar-refractivity contribution >= 4 is 0 Å². The van der Waals surface area contributed by atoms with E-state index in [1.807, 2.05) is 13.0 Å². The fourth-order valence-electron chi connectivity index (χ4n) is 1.69. The molecular formula is C14H23NO2. The topological polar surface area (TPSA) is 44.5 Å². The van der Waals surface area contributed by atoms with E-state index in [9.17, 15) is 0 Å². The number of hydrogen-bond acceptors (Lipinski definition) is 3. The predicted octanol–water partition coefficient (Wildman–Crippen LogP) is 2.82. The summed E-state index contributed by atoms with van der Waals surface area (Å²) in [5, 5.41) is 0. The lowest BCUT2D eigenvalue weighted by molar-refractivity contribution is 0.184. The molecular weight excluding hydrogens is 214 g/mol. The third kappa shape index (κ3) is 4.75. The van der Waals surface area contributed by atoms with Crippen LogP contribution in [0.15, 0.2) is 18.2 Å². The van der Waals surface area contributed by atoms with Crippen LogP contribution in [-0.4, -0.2) is 20.3 Å². The van der Waals surface area contributed by atoms with Gasteiger partial charge in [0, 0.05) is 25.3 Å². The van der Waals surface area contributed by atoms with Gasteiger partial charge in [0.1, 0.15) is 5.75 Å². The first-order chi connectivity index (χ1) is 8.15. The van der Waals surface area contributed by atoms with Gasteiger partial charge in [0.15, 0.2) is 0 Å². The van der Waals surface area contributed by atoms with Crippen molar-refractivity contribution < 1.29 is 9.47 Å². The van der Waals surface area contributed by atoms with E-state index in [0.717, 1.165) is 30.8 Å². The van der Waals surface area contributed by atoms with E-state index < -0.39 is 0 Å². The minimum Gasteiger partial charge on any atom is -0.493 e. The summed E-state index contributed by atoms with van der Waals surface area (Å²) in [4.78, 5) is 0. The van der Waals surface area contributed by atoms with Crippen LogP contribution in [0.5, 0.6) is 5.75 Å². The molecule has 2 N–H and O–H groups in total. The van der Waals surface area contributed by atoms with Crippen LogP contribution in [0.1, 0.15) is 36.9 Å². The van der Waals surface area contributed by atoms with E-state index in [1.54, 1.807) is 7.11 Å².